The van der Waals surface area contributed by atoms with Gasteiger partial charge in [-0.15, -0.1) is 0 Å². The fraction of sp³-hybridized carbons (Fsp3) is 0.919. The van der Waals surface area contributed by atoms with E-state index in [1.165, 1.54) is 347 Å². The van der Waals surface area contributed by atoms with E-state index in [-0.39, 0.29) is 18.5 Å². The Kier molecular flexibility index (Phi) is 68.4. The molecule has 0 aromatic rings. The van der Waals surface area contributed by atoms with Crippen molar-refractivity contribution in [2.75, 3.05) is 13.2 Å². The summed E-state index contributed by atoms with van der Waals surface area (Å²) in [5.41, 5.74) is 0. The first-order valence-corrected chi connectivity index (χ1v) is 36.6. The molecular formula is C74H143NO5. The highest BCUT2D eigenvalue weighted by atomic mass is 16.5. The van der Waals surface area contributed by atoms with Crippen molar-refractivity contribution in [3.63, 3.8) is 0 Å². The standard InChI is InChI=1S/C74H143NO5/c1-3-5-7-9-11-13-15-17-19-20-21-22-23-24-27-30-33-36-39-42-46-50-54-58-62-66-72(77)71(70-76)75-73(78)67-63-59-55-51-47-43-40-37-34-31-28-25-26-29-32-35-38-41-45-49-53-57-61-65-69-80-74(79)68-64-60-56-52-48-44-18-16-14-12-10-8-6-4-2/h28,31,62,66,71-72,76-77H,3-27,29-30,32-61,63-65,67-70H2,1-2H3,(H,75,78)/b31-28-,66-62+. The molecule has 0 aliphatic heterocycles. The molecule has 6 nitrogen and oxygen atoms in total. The van der Waals surface area contributed by atoms with Gasteiger partial charge >= 0.3 is 5.97 Å². The Morgan fingerprint density at radius 2 is 0.588 bits per heavy atom. The number of allylic oxidation sites excluding steroid dienone is 3. The molecule has 0 rings (SSSR count). The second-order valence-corrected chi connectivity index (χ2v) is 25.3. The van der Waals surface area contributed by atoms with Gasteiger partial charge in [-0.05, 0) is 57.8 Å². The van der Waals surface area contributed by atoms with Crippen LogP contribution in [0.15, 0.2) is 24.3 Å². The molecule has 0 saturated heterocycles. The maximum atomic E-state index is 12.5. The Labute approximate surface area is 501 Å². The molecule has 0 aliphatic rings. The van der Waals surface area contributed by atoms with Gasteiger partial charge in [0, 0.05) is 12.8 Å². The quantitative estimate of drug-likeness (QED) is 0.0320. The third kappa shape index (κ3) is 65.5. The van der Waals surface area contributed by atoms with E-state index in [0.29, 0.717) is 19.4 Å². The van der Waals surface area contributed by atoms with Gasteiger partial charge in [-0.2, -0.15) is 0 Å². The highest BCUT2D eigenvalue weighted by Gasteiger charge is 2.18. The van der Waals surface area contributed by atoms with E-state index < -0.39 is 12.1 Å². The zero-order valence-corrected chi connectivity index (χ0v) is 54.3. The molecule has 0 saturated carbocycles. The Morgan fingerprint density at radius 1 is 0.338 bits per heavy atom. The molecule has 1 amide bonds. The summed E-state index contributed by atoms with van der Waals surface area (Å²) in [4.78, 5) is 24.6. The molecule has 6 heteroatoms. The predicted molar refractivity (Wildman–Crippen MR) is 352 cm³/mol. The lowest BCUT2D eigenvalue weighted by Gasteiger charge is -2.20. The van der Waals surface area contributed by atoms with Gasteiger partial charge in [0.1, 0.15) is 0 Å². The number of aliphatic hydroxyl groups is 2. The number of ether oxygens (including phenoxy) is 1. The summed E-state index contributed by atoms with van der Waals surface area (Å²) in [7, 11) is 0. The number of amides is 1. The van der Waals surface area contributed by atoms with Crippen molar-refractivity contribution in [1.29, 1.82) is 0 Å². The van der Waals surface area contributed by atoms with Gasteiger partial charge < -0.3 is 20.3 Å². The molecule has 2 unspecified atom stereocenters. The molecule has 0 aromatic heterocycles. The van der Waals surface area contributed by atoms with Crippen molar-refractivity contribution in [1.82, 2.24) is 5.32 Å². The van der Waals surface area contributed by atoms with Gasteiger partial charge in [0.2, 0.25) is 5.91 Å². The molecule has 3 N–H and O–H groups in total. The zero-order valence-electron chi connectivity index (χ0n) is 54.3. The molecule has 80 heavy (non-hydrogen) atoms. The predicted octanol–water partition coefficient (Wildman–Crippen LogP) is 23.7. The van der Waals surface area contributed by atoms with Crippen LogP contribution in [0, 0.1) is 0 Å². The number of esters is 1. The fourth-order valence-electron chi connectivity index (χ4n) is 11.6. The van der Waals surface area contributed by atoms with E-state index in [0.717, 1.165) is 38.5 Å². The minimum Gasteiger partial charge on any atom is -0.466 e. The Balaban J connectivity index is 3.42. The summed E-state index contributed by atoms with van der Waals surface area (Å²) in [6.07, 6.45) is 88.4. The molecule has 474 valence electrons. The van der Waals surface area contributed by atoms with Gasteiger partial charge in [0.05, 0.1) is 25.4 Å². The first kappa shape index (κ1) is 78.3. The third-order valence-electron chi connectivity index (χ3n) is 17.2. The van der Waals surface area contributed by atoms with Crippen molar-refractivity contribution in [3.8, 4) is 0 Å². The number of unbranched alkanes of at least 4 members (excludes halogenated alkanes) is 56. The molecule has 0 fully saturated rings. The van der Waals surface area contributed by atoms with Crippen molar-refractivity contribution in [2.24, 2.45) is 0 Å². The van der Waals surface area contributed by atoms with Gasteiger partial charge in [-0.1, -0.05) is 366 Å². The van der Waals surface area contributed by atoms with Crippen LogP contribution < -0.4 is 5.32 Å². The topological polar surface area (TPSA) is 95.9 Å². The highest BCUT2D eigenvalue weighted by Crippen LogP contribution is 2.19. The van der Waals surface area contributed by atoms with Gasteiger partial charge in [-0.3, -0.25) is 9.59 Å². The number of rotatable bonds is 69. The van der Waals surface area contributed by atoms with Gasteiger partial charge in [-0.25, -0.2) is 0 Å². The largest absolute Gasteiger partial charge is 0.466 e. The molecule has 2 atom stereocenters. The summed E-state index contributed by atoms with van der Waals surface area (Å²) < 4.78 is 5.49. The summed E-state index contributed by atoms with van der Waals surface area (Å²) >= 11 is 0. The smallest absolute Gasteiger partial charge is 0.305 e. The Bertz CT molecular complexity index is 1250. The lowest BCUT2D eigenvalue weighted by atomic mass is 10.0. The summed E-state index contributed by atoms with van der Waals surface area (Å²) in [5, 5.41) is 23.3. The molecule has 0 bridgehead atoms. The van der Waals surface area contributed by atoms with Crippen LogP contribution in [0.25, 0.3) is 0 Å². The van der Waals surface area contributed by atoms with E-state index in [1.54, 1.807) is 6.08 Å². The van der Waals surface area contributed by atoms with Crippen molar-refractivity contribution in [3.05, 3.63) is 24.3 Å². The van der Waals surface area contributed by atoms with Crippen LogP contribution >= 0.6 is 0 Å². The maximum Gasteiger partial charge on any atom is 0.305 e. The van der Waals surface area contributed by atoms with Crippen LogP contribution in [-0.4, -0.2) is 47.4 Å². The van der Waals surface area contributed by atoms with Crippen molar-refractivity contribution < 1.29 is 24.5 Å². The number of carbonyl (C=O) groups excluding carboxylic acids is 2. The lowest BCUT2D eigenvalue weighted by Crippen LogP contribution is -2.45. The van der Waals surface area contributed by atoms with Crippen LogP contribution in [0.3, 0.4) is 0 Å². The van der Waals surface area contributed by atoms with E-state index in [4.69, 9.17) is 4.74 Å². The Hall–Kier alpha value is -1.66. The third-order valence-corrected chi connectivity index (χ3v) is 17.2. The monoisotopic (exact) mass is 1130 g/mol. The van der Waals surface area contributed by atoms with E-state index in [9.17, 15) is 19.8 Å². The van der Waals surface area contributed by atoms with Gasteiger partial charge in [0.15, 0.2) is 0 Å². The minimum absolute atomic E-state index is 0.0153. The van der Waals surface area contributed by atoms with Crippen LogP contribution in [-0.2, 0) is 14.3 Å². The molecule has 0 spiro atoms. The van der Waals surface area contributed by atoms with Crippen LogP contribution in [0.5, 0.6) is 0 Å². The van der Waals surface area contributed by atoms with Gasteiger partial charge in [0.25, 0.3) is 0 Å². The van der Waals surface area contributed by atoms with E-state index >= 15 is 0 Å². The summed E-state index contributed by atoms with van der Waals surface area (Å²) in [6, 6.07) is -0.633. The SMILES string of the molecule is CCCCCCCCCCCCCCCCCCCCCCCCC/C=C/C(O)C(CO)NC(=O)CCCCCCCCCC/C=C\CCCCCCCCCCCCCCOC(=O)CCCCCCCCCCCCCCCC. The molecular weight excluding hydrogens is 983 g/mol. The second kappa shape index (κ2) is 69.8. The fourth-order valence-corrected chi connectivity index (χ4v) is 11.6. The number of nitrogens with one attached hydrogen (secondary N) is 1. The van der Waals surface area contributed by atoms with Crippen LogP contribution in [0.1, 0.15) is 412 Å². The number of aliphatic hydroxyl groups excluding tert-OH is 2. The number of hydrogen-bond acceptors (Lipinski definition) is 5. The summed E-state index contributed by atoms with van der Waals surface area (Å²) in [5.74, 6) is -0.0525. The molecule has 0 aliphatic carbocycles. The average molecular weight is 1130 g/mol. The minimum atomic E-state index is -0.849. The highest BCUT2D eigenvalue weighted by molar-refractivity contribution is 5.76. The van der Waals surface area contributed by atoms with E-state index in [2.05, 4.69) is 31.3 Å². The van der Waals surface area contributed by atoms with Crippen molar-refractivity contribution >= 4 is 11.9 Å². The normalized spacial score (nSPS) is 12.6. The summed E-state index contributed by atoms with van der Waals surface area (Å²) in [6.45, 7) is 4.95. The first-order valence-electron chi connectivity index (χ1n) is 36.6. The number of carbonyl (C=O) groups is 2. The second-order valence-electron chi connectivity index (χ2n) is 25.3. The Morgan fingerprint density at radius 3 is 0.887 bits per heavy atom. The molecule has 0 aromatic carbocycles. The zero-order chi connectivity index (χ0) is 57.8. The first-order chi connectivity index (χ1) is 39.5. The molecule has 0 heterocycles. The maximum absolute atomic E-state index is 12.5. The molecule has 0 radical (unpaired) electrons. The lowest BCUT2D eigenvalue weighted by molar-refractivity contribution is -0.143. The van der Waals surface area contributed by atoms with Crippen LogP contribution in [0.2, 0.25) is 0 Å². The number of hydrogen-bond donors (Lipinski definition) is 3. The van der Waals surface area contributed by atoms with Crippen molar-refractivity contribution in [2.45, 2.75) is 424 Å². The van der Waals surface area contributed by atoms with Crippen LogP contribution in [0.4, 0.5) is 0 Å². The average Bonchev–Trinajstić information content (AvgIpc) is 3.46. The van der Waals surface area contributed by atoms with E-state index in [1.807, 2.05) is 6.08 Å².